The first-order valence-electron chi connectivity index (χ1n) is 20.7. The summed E-state index contributed by atoms with van der Waals surface area (Å²) in [6.45, 7) is 6.55. The zero-order chi connectivity index (χ0) is 42.0. The number of carbonyl (C=O) groups is 3. The highest BCUT2D eigenvalue weighted by Gasteiger charge is 2.80. The van der Waals surface area contributed by atoms with E-state index >= 15 is 13.6 Å². The number of carbonyl (C=O) groups excluding carboxylic acids is 3. The van der Waals surface area contributed by atoms with E-state index < -0.39 is 63.7 Å². The number of benzene rings is 2. The number of aromatic nitrogens is 1. The van der Waals surface area contributed by atoms with Crippen molar-refractivity contribution in [3.05, 3.63) is 70.9 Å². The summed E-state index contributed by atoms with van der Waals surface area (Å²) in [5.41, 5.74) is -1.64. The smallest absolute Gasteiger partial charge is 0.344 e. The first-order valence-corrected chi connectivity index (χ1v) is 20.7. The van der Waals surface area contributed by atoms with Gasteiger partial charge in [-0.15, -0.1) is 0 Å². The monoisotopic (exact) mass is 816 g/mol. The van der Waals surface area contributed by atoms with Gasteiger partial charge in [0.15, 0.2) is 6.10 Å². The number of H-pyrrole nitrogens is 1. The average molecular weight is 817 g/mol. The van der Waals surface area contributed by atoms with Gasteiger partial charge < -0.3 is 33.9 Å². The molecule has 2 saturated heterocycles. The van der Waals surface area contributed by atoms with E-state index in [2.05, 4.69) is 14.8 Å². The summed E-state index contributed by atoms with van der Waals surface area (Å²) in [4.78, 5) is 52.5. The molecule has 2 unspecified atom stereocenters. The van der Waals surface area contributed by atoms with Crippen LogP contribution in [0.25, 0.3) is 10.9 Å². The van der Waals surface area contributed by atoms with E-state index in [1.165, 1.54) is 28.3 Å². The Hall–Kier alpha value is -4.53. The summed E-state index contributed by atoms with van der Waals surface area (Å²) in [6.07, 6.45) is 4.04. The fourth-order valence-electron chi connectivity index (χ4n) is 13.2. The minimum atomic E-state index is -2.94. The Kier molecular flexibility index (Phi) is 9.12. The van der Waals surface area contributed by atoms with Crippen molar-refractivity contribution in [3.8, 4) is 5.75 Å². The van der Waals surface area contributed by atoms with Crippen molar-refractivity contribution in [3.63, 3.8) is 0 Å². The van der Waals surface area contributed by atoms with Gasteiger partial charge in [-0.05, 0) is 68.3 Å². The van der Waals surface area contributed by atoms with Crippen molar-refractivity contribution in [2.45, 2.75) is 93.5 Å². The lowest BCUT2D eigenvalue weighted by Crippen LogP contribution is -2.81. The Bertz CT molecular complexity index is 2270. The molecule has 1 aromatic heterocycles. The highest BCUT2D eigenvalue weighted by molar-refractivity contribution is 5.95. The maximum absolute atomic E-state index is 15.3. The number of nitrogens with zero attached hydrogens (tertiary/aromatic N) is 3. The Morgan fingerprint density at radius 1 is 1.03 bits per heavy atom. The van der Waals surface area contributed by atoms with E-state index in [1.54, 1.807) is 0 Å². The Morgan fingerprint density at radius 2 is 1.78 bits per heavy atom. The number of ether oxygens (including phenoxy) is 4. The van der Waals surface area contributed by atoms with Crippen molar-refractivity contribution < 1.29 is 47.2 Å². The van der Waals surface area contributed by atoms with E-state index in [0.717, 1.165) is 29.0 Å². The van der Waals surface area contributed by atoms with Crippen LogP contribution in [0, 0.1) is 17.3 Å². The zero-order valence-corrected chi connectivity index (χ0v) is 34.8. The van der Waals surface area contributed by atoms with Crippen LogP contribution in [0.15, 0.2) is 48.6 Å². The van der Waals surface area contributed by atoms with Gasteiger partial charge in [0, 0.05) is 96.9 Å². The Morgan fingerprint density at radius 3 is 2.46 bits per heavy atom. The molecule has 1 saturated carbocycles. The molecule has 6 heterocycles. The third-order valence-corrected chi connectivity index (χ3v) is 15.3. The topological polar surface area (TPSA) is 134 Å². The highest BCUT2D eigenvalue weighted by Crippen LogP contribution is 2.68. The normalized spacial score (nSPS) is 35.8. The van der Waals surface area contributed by atoms with Crippen molar-refractivity contribution in [2.75, 3.05) is 59.5 Å². The van der Waals surface area contributed by atoms with Crippen molar-refractivity contribution in [1.82, 2.24) is 14.8 Å². The van der Waals surface area contributed by atoms with Crippen LogP contribution in [0.1, 0.15) is 68.8 Å². The fraction of sp³-hybridized carbons (Fsp3) is 0.578. The van der Waals surface area contributed by atoms with Gasteiger partial charge in [-0.1, -0.05) is 37.3 Å². The van der Waals surface area contributed by atoms with Crippen LogP contribution in [0.5, 0.6) is 5.75 Å². The number of piperidine rings is 1. The summed E-state index contributed by atoms with van der Waals surface area (Å²) >= 11 is 0. The third-order valence-electron chi connectivity index (χ3n) is 15.3. The number of alkyl halides is 2. The van der Waals surface area contributed by atoms with E-state index in [0.29, 0.717) is 61.7 Å². The molecule has 12 nitrogen and oxygen atoms in total. The van der Waals surface area contributed by atoms with E-state index in [-0.39, 0.29) is 31.3 Å². The van der Waals surface area contributed by atoms with Gasteiger partial charge in [0.1, 0.15) is 11.2 Å². The Balaban J connectivity index is 1.35. The second-order valence-electron chi connectivity index (χ2n) is 18.0. The van der Waals surface area contributed by atoms with E-state index in [4.69, 9.17) is 18.9 Å². The lowest BCUT2D eigenvalue weighted by Gasteiger charge is -2.63. The molecule has 10 atom stereocenters. The molecular formula is C45H54F2N4O8. The molecule has 2 aromatic carbocycles. The quantitative estimate of drug-likeness (QED) is 0.188. The summed E-state index contributed by atoms with van der Waals surface area (Å²) in [5.74, 6) is -5.92. The predicted molar refractivity (Wildman–Crippen MR) is 214 cm³/mol. The number of aliphatic hydroxyl groups is 1. The number of aromatic amines is 1. The van der Waals surface area contributed by atoms with Gasteiger partial charge in [0.05, 0.1) is 27.4 Å². The fourth-order valence-corrected chi connectivity index (χ4v) is 13.2. The van der Waals surface area contributed by atoms with Crippen molar-refractivity contribution in [2.24, 2.45) is 17.3 Å². The Labute approximate surface area is 342 Å². The summed E-state index contributed by atoms with van der Waals surface area (Å²) in [7, 11) is 5.94. The molecule has 3 fully saturated rings. The van der Waals surface area contributed by atoms with Crippen LogP contribution >= 0.6 is 0 Å². The van der Waals surface area contributed by atoms with Crippen LogP contribution in [-0.4, -0.2) is 122 Å². The maximum Gasteiger partial charge on any atom is 0.344 e. The van der Waals surface area contributed by atoms with Crippen LogP contribution in [0.4, 0.5) is 14.5 Å². The number of hydrogen-bond donors (Lipinski definition) is 2. The van der Waals surface area contributed by atoms with Gasteiger partial charge in [0.25, 0.3) is 0 Å². The first kappa shape index (κ1) is 39.9. The predicted octanol–water partition coefficient (Wildman–Crippen LogP) is 5.08. The number of rotatable bonds is 7. The maximum atomic E-state index is 15.3. The number of likely N-dealkylation sites (N-methyl/N-ethyl adjacent to an activating group) is 1. The molecule has 14 heteroatoms. The lowest BCUT2D eigenvalue weighted by atomic mass is 9.47. The summed E-state index contributed by atoms with van der Waals surface area (Å²) < 4.78 is 54.3. The van der Waals surface area contributed by atoms with Gasteiger partial charge in [0.2, 0.25) is 11.5 Å². The molecule has 1 spiro atoms. The largest absolute Gasteiger partial charge is 0.496 e. The number of halogens is 2. The van der Waals surface area contributed by atoms with E-state index in [9.17, 15) is 14.7 Å². The summed E-state index contributed by atoms with van der Waals surface area (Å²) in [6, 6.07) is 10.3. The molecule has 59 heavy (non-hydrogen) atoms. The van der Waals surface area contributed by atoms with Gasteiger partial charge >= 0.3 is 17.9 Å². The molecule has 0 radical (unpaired) electrons. The van der Waals surface area contributed by atoms with Crippen LogP contribution in [0.3, 0.4) is 0 Å². The van der Waals surface area contributed by atoms with Gasteiger partial charge in [-0.2, -0.15) is 0 Å². The lowest BCUT2D eigenvalue weighted by molar-refractivity contribution is -0.228. The number of methoxy groups -OCH3 is 3. The summed E-state index contributed by atoms with van der Waals surface area (Å²) in [5, 5.41) is 14.2. The van der Waals surface area contributed by atoms with Crippen LogP contribution < -0.4 is 9.64 Å². The second-order valence-corrected chi connectivity index (χ2v) is 18.0. The third kappa shape index (κ3) is 5.17. The minimum Gasteiger partial charge on any atom is -0.496 e. The first-order chi connectivity index (χ1) is 28.1. The molecule has 9 rings (SSSR count). The number of nitrogens with one attached hydrogen (secondary N) is 1. The molecular weight excluding hydrogens is 763 g/mol. The highest BCUT2D eigenvalue weighted by atomic mass is 19.3. The SMILES string of the molecule is CCC12C=CCN3CC[C@@]4(c5cc([C@@]6(C(=O)OC)C[C@@H]7C[C@@H](C(C)(F)F)CN(Cc8c6[nH]c6ccccc86)C7)c(OC)cc5N(C)[C@H]4[C@@](O)(C(=O)OC)[C@@H]1OC(C)=O)[C@@H]32. The number of hydrogen-bond acceptors (Lipinski definition) is 11. The molecule has 1 aliphatic carbocycles. The molecule has 316 valence electrons. The van der Waals surface area contributed by atoms with Crippen LogP contribution in [0.2, 0.25) is 0 Å². The zero-order valence-electron chi connectivity index (χ0n) is 34.8. The molecule has 2 N–H and O–H groups in total. The molecule has 2 bridgehead atoms. The van der Waals surface area contributed by atoms with Crippen molar-refractivity contribution in [1.29, 1.82) is 0 Å². The average Bonchev–Trinajstić information content (AvgIpc) is 3.86. The molecule has 0 amide bonds. The molecule has 3 aromatic rings. The standard InChI is InChI=1S/C45H54F2N4O8/c1-8-42-14-11-16-51-17-15-43(36(42)51)30-19-31(34(56-5)20-33(30)49(4)37(43)45(55,40(54)58-7)38(42)59-25(2)52)44(39(53)57-6)21-26-18-27(41(3,46)47)23-50(22-26)24-29-28-12-9-10-13-32(28)48-35(29)44/h9-14,19-20,26-27,36-38,48,55H,8,15-18,21-24H2,1-7H3/t26-,27+,36-,37+,38+,42?,43+,44-,45-/m0/s1. The number of para-hydroxylation sites is 1. The molecule has 5 aliphatic heterocycles. The molecule has 6 aliphatic rings. The number of esters is 3. The van der Waals surface area contributed by atoms with Crippen LogP contribution in [-0.2, 0) is 46.0 Å². The number of fused-ring (bicyclic) bond motifs is 6. The van der Waals surface area contributed by atoms with Crippen molar-refractivity contribution >= 4 is 34.5 Å². The number of anilines is 1. The second kappa shape index (κ2) is 13.5. The van der Waals surface area contributed by atoms with Gasteiger partial charge in [-0.25, -0.2) is 13.6 Å². The van der Waals surface area contributed by atoms with Gasteiger partial charge in [-0.3, -0.25) is 19.4 Å². The minimum absolute atomic E-state index is 0.155. The van der Waals surface area contributed by atoms with E-state index in [1.807, 2.05) is 67.4 Å².